The van der Waals surface area contributed by atoms with Crippen molar-refractivity contribution in [2.45, 2.75) is 45.6 Å². The molecule has 1 aromatic carbocycles. The third-order valence-corrected chi connectivity index (χ3v) is 4.72. The van der Waals surface area contributed by atoms with Crippen LogP contribution < -0.4 is 16.0 Å². The van der Waals surface area contributed by atoms with Crippen LogP contribution in [0.4, 0.5) is 23.1 Å². The Morgan fingerprint density at radius 3 is 2.72 bits per heavy atom. The second kappa shape index (κ2) is 11.1. The normalized spacial score (nSPS) is 15.8. The van der Waals surface area contributed by atoms with Gasteiger partial charge in [-0.2, -0.15) is 4.98 Å². The summed E-state index contributed by atoms with van der Waals surface area (Å²) >= 11 is 0. The molecule has 2 heterocycles. The lowest BCUT2D eigenvalue weighted by Crippen LogP contribution is -2.43. The third kappa shape index (κ3) is 6.42. The highest BCUT2D eigenvalue weighted by molar-refractivity contribution is 5.85. The molecule has 3 N–H and O–H groups in total. The Kier molecular flexibility index (Phi) is 9.55. The molecular weight excluding hydrogens is 415 g/mol. The molecule has 2 aromatic rings. The third-order valence-electron chi connectivity index (χ3n) is 4.72. The van der Waals surface area contributed by atoms with Gasteiger partial charge < -0.3 is 16.0 Å². The van der Waals surface area contributed by atoms with Crippen molar-refractivity contribution in [2.24, 2.45) is 5.73 Å². The van der Waals surface area contributed by atoms with E-state index in [2.05, 4.69) is 27.1 Å². The van der Waals surface area contributed by atoms with Gasteiger partial charge >= 0.3 is 0 Å². The number of nitrogens with one attached hydrogen (secondary N) is 1. The molecule has 0 saturated carbocycles. The van der Waals surface area contributed by atoms with Crippen molar-refractivity contribution in [3.05, 3.63) is 45.6 Å². The zero-order valence-electron chi connectivity index (χ0n) is 16.6. The number of piperidine rings is 1. The molecule has 0 spiro atoms. The van der Waals surface area contributed by atoms with E-state index in [1.807, 2.05) is 6.07 Å². The van der Waals surface area contributed by atoms with Gasteiger partial charge in [-0.05, 0) is 32.3 Å². The standard InChI is InChI=1S/C19H26N6O2.2ClH/c1-3-5-15-11-18(24-9-4-6-14(20)12-24)23-19(21-15)22-16-8-7-13(2)17(10-16)25(26)27;;/h7-8,10-11,14H,3-6,9,12,20H2,1-2H3,(H,21,22,23);2*1H. The van der Waals surface area contributed by atoms with Crippen LogP contribution in [-0.2, 0) is 6.42 Å². The molecule has 1 aliphatic heterocycles. The number of hydrogen-bond acceptors (Lipinski definition) is 7. The van der Waals surface area contributed by atoms with E-state index >= 15 is 0 Å². The van der Waals surface area contributed by atoms with Gasteiger partial charge in [0.15, 0.2) is 0 Å². The first-order chi connectivity index (χ1) is 13.0. The summed E-state index contributed by atoms with van der Waals surface area (Å²) in [7, 11) is 0. The molecule has 8 nitrogen and oxygen atoms in total. The average Bonchev–Trinajstić information content (AvgIpc) is 2.63. The average molecular weight is 443 g/mol. The van der Waals surface area contributed by atoms with Crippen LogP contribution >= 0.6 is 24.8 Å². The van der Waals surface area contributed by atoms with Crippen molar-refractivity contribution in [1.29, 1.82) is 0 Å². The van der Waals surface area contributed by atoms with E-state index in [4.69, 9.17) is 5.73 Å². The van der Waals surface area contributed by atoms with Crippen molar-refractivity contribution >= 4 is 48.0 Å². The molecule has 1 aliphatic rings. The van der Waals surface area contributed by atoms with Crippen LogP contribution in [0.25, 0.3) is 0 Å². The number of nitro benzene ring substituents is 1. The van der Waals surface area contributed by atoms with Crippen molar-refractivity contribution < 1.29 is 4.92 Å². The molecule has 0 radical (unpaired) electrons. The summed E-state index contributed by atoms with van der Waals surface area (Å²) in [5, 5.41) is 14.3. The van der Waals surface area contributed by atoms with Gasteiger partial charge in [0.2, 0.25) is 5.95 Å². The number of nitrogens with zero attached hydrogens (tertiary/aromatic N) is 4. The number of aryl methyl sites for hydroxylation is 2. The fourth-order valence-corrected chi connectivity index (χ4v) is 3.32. The first kappa shape index (κ1) is 24.9. The molecule has 0 aliphatic carbocycles. The Hall–Kier alpha value is -2.16. The number of halogens is 2. The van der Waals surface area contributed by atoms with Gasteiger partial charge in [-0.25, -0.2) is 4.98 Å². The minimum absolute atomic E-state index is 0. The van der Waals surface area contributed by atoms with Gasteiger partial charge in [-0.15, -0.1) is 24.8 Å². The van der Waals surface area contributed by atoms with Crippen molar-refractivity contribution in [1.82, 2.24) is 9.97 Å². The maximum Gasteiger partial charge on any atom is 0.274 e. The van der Waals surface area contributed by atoms with Crippen LogP contribution in [0.15, 0.2) is 24.3 Å². The maximum absolute atomic E-state index is 11.2. The number of hydrogen-bond donors (Lipinski definition) is 2. The first-order valence-corrected chi connectivity index (χ1v) is 9.37. The quantitative estimate of drug-likeness (QED) is 0.510. The van der Waals surface area contributed by atoms with Crippen LogP contribution in [0.3, 0.4) is 0 Å². The summed E-state index contributed by atoms with van der Waals surface area (Å²) < 4.78 is 0. The lowest BCUT2D eigenvalue weighted by atomic mass is 10.1. The van der Waals surface area contributed by atoms with Gasteiger partial charge in [-0.1, -0.05) is 19.4 Å². The maximum atomic E-state index is 11.2. The highest BCUT2D eigenvalue weighted by Crippen LogP contribution is 2.26. The van der Waals surface area contributed by atoms with Crippen molar-refractivity contribution in [2.75, 3.05) is 23.3 Å². The molecule has 0 amide bonds. The summed E-state index contributed by atoms with van der Waals surface area (Å²) in [5.41, 5.74) is 8.36. The summed E-state index contributed by atoms with van der Waals surface area (Å²) in [5.74, 6) is 1.31. The highest BCUT2D eigenvalue weighted by Gasteiger charge is 2.19. The van der Waals surface area contributed by atoms with Gasteiger partial charge in [-0.3, -0.25) is 10.1 Å². The van der Waals surface area contributed by atoms with E-state index < -0.39 is 0 Å². The minimum atomic E-state index is -0.380. The number of benzene rings is 1. The monoisotopic (exact) mass is 442 g/mol. The van der Waals surface area contributed by atoms with Crippen molar-refractivity contribution in [3.8, 4) is 0 Å². The highest BCUT2D eigenvalue weighted by atomic mass is 35.5. The van der Waals surface area contributed by atoms with E-state index in [0.29, 0.717) is 17.2 Å². The number of anilines is 3. The van der Waals surface area contributed by atoms with E-state index in [1.54, 1.807) is 19.1 Å². The van der Waals surface area contributed by atoms with Crippen LogP contribution in [-0.4, -0.2) is 34.0 Å². The molecule has 1 unspecified atom stereocenters. The Balaban J connectivity index is 0.00000210. The zero-order chi connectivity index (χ0) is 19.4. The Morgan fingerprint density at radius 2 is 2.07 bits per heavy atom. The lowest BCUT2D eigenvalue weighted by molar-refractivity contribution is -0.385. The summed E-state index contributed by atoms with van der Waals surface area (Å²) in [6.07, 6.45) is 3.90. The Morgan fingerprint density at radius 1 is 1.31 bits per heavy atom. The van der Waals surface area contributed by atoms with E-state index in [1.165, 1.54) is 6.07 Å². The largest absolute Gasteiger partial charge is 0.355 e. The minimum Gasteiger partial charge on any atom is -0.355 e. The number of nitrogens with two attached hydrogens (primary N) is 1. The van der Waals surface area contributed by atoms with Crippen LogP contribution in [0.1, 0.15) is 37.4 Å². The Bertz CT molecular complexity index is 836. The molecule has 160 valence electrons. The molecule has 3 rings (SSSR count). The summed E-state index contributed by atoms with van der Waals surface area (Å²) in [4.78, 5) is 22.2. The van der Waals surface area contributed by atoms with Gasteiger partial charge in [0.25, 0.3) is 5.69 Å². The van der Waals surface area contributed by atoms with E-state index in [9.17, 15) is 10.1 Å². The van der Waals surface area contributed by atoms with Crippen LogP contribution in [0.5, 0.6) is 0 Å². The zero-order valence-corrected chi connectivity index (χ0v) is 18.3. The van der Waals surface area contributed by atoms with E-state index in [0.717, 1.165) is 50.3 Å². The fraction of sp³-hybridized carbons (Fsp3) is 0.474. The predicted octanol–water partition coefficient (Wildman–Crippen LogP) is 4.16. The molecule has 10 heteroatoms. The molecular formula is C19H28Cl2N6O2. The molecule has 29 heavy (non-hydrogen) atoms. The van der Waals surface area contributed by atoms with Gasteiger partial charge in [0, 0.05) is 48.2 Å². The summed E-state index contributed by atoms with van der Waals surface area (Å²) in [6.45, 7) is 5.52. The second-order valence-electron chi connectivity index (χ2n) is 7.02. The SMILES string of the molecule is CCCc1cc(N2CCCC(N)C2)nc(Nc2ccc(C)c([N+](=O)[O-])c2)n1.Cl.Cl. The van der Waals surface area contributed by atoms with Crippen LogP contribution in [0, 0.1) is 17.0 Å². The van der Waals surface area contributed by atoms with Crippen LogP contribution in [0.2, 0.25) is 0 Å². The Labute approximate surface area is 183 Å². The molecule has 1 fully saturated rings. The molecule has 1 saturated heterocycles. The topological polar surface area (TPSA) is 110 Å². The van der Waals surface area contributed by atoms with Crippen molar-refractivity contribution in [3.63, 3.8) is 0 Å². The molecule has 0 bridgehead atoms. The smallest absolute Gasteiger partial charge is 0.274 e. The number of rotatable bonds is 6. The first-order valence-electron chi connectivity index (χ1n) is 9.37. The lowest BCUT2D eigenvalue weighted by Gasteiger charge is -2.32. The summed E-state index contributed by atoms with van der Waals surface area (Å²) in [6, 6.07) is 7.21. The number of aromatic nitrogens is 2. The fourth-order valence-electron chi connectivity index (χ4n) is 3.32. The van der Waals surface area contributed by atoms with Gasteiger partial charge in [0.1, 0.15) is 5.82 Å². The number of nitro groups is 1. The molecule has 1 atom stereocenters. The second-order valence-corrected chi connectivity index (χ2v) is 7.02. The van der Waals surface area contributed by atoms with E-state index in [-0.39, 0.29) is 41.5 Å². The predicted molar refractivity (Wildman–Crippen MR) is 121 cm³/mol. The van der Waals surface area contributed by atoms with Gasteiger partial charge in [0.05, 0.1) is 4.92 Å². The molecule has 1 aromatic heterocycles.